The van der Waals surface area contributed by atoms with Crippen LogP contribution in [0.15, 0.2) is 48.5 Å². The van der Waals surface area contributed by atoms with Crippen LogP contribution in [0, 0.1) is 5.82 Å². The van der Waals surface area contributed by atoms with Gasteiger partial charge in [-0.1, -0.05) is 24.3 Å². The van der Waals surface area contributed by atoms with Crippen molar-refractivity contribution >= 4 is 6.03 Å². The van der Waals surface area contributed by atoms with Crippen LogP contribution in [-0.4, -0.2) is 31.3 Å². The molecule has 0 saturated carbocycles. The average Bonchev–Trinajstić information content (AvgIpc) is 2.60. The first kappa shape index (κ1) is 17.7. The van der Waals surface area contributed by atoms with E-state index in [0.29, 0.717) is 24.3 Å². The third kappa shape index (κ3) is 5.55. The molecule has 5 nitrogen and oxygen atoms in total. The molecule has 0 aliphatic heterocycles. The summed E-state index contributed by atoms with van der Waals surface area (Å²) in [6.45, 7) is 0.462. The van der Waals surface area contributed by atoms with Crippen molar-refractivity contribution in [3.8, 4) is 5.75 Å². The molecule has 2 rings (SSSR count). The number of benzene rings is 2. The van der Waals surface area contributed by atoms with Gasteiger partial charge < -0.3 is 20.5 Å². The fourth-order valence-corrected chi connectivity index (χ4v) is 2.23. The monoisotopic (exact) mass is 332 g/mol. The molecule has 2 aromatic carbocycles. The number of halogens is 1. The lowest BCUT2D eigenvalue weighted by atomic mass is 10.1. The lowest BCUT2D eigenvalue weighted by Crippen LogP contribution is -2.38. The van der Waals surface area contributed by atoms with Crippen LogP contribution in [0.2, 0.25) is 0 Å². The van der Waals surface area contributed by atoms with E-state index in [2.05, 4.69) is 10.6 Å². The molecule has 2 aromatic rings. The third-order valence-electron chi connectivity index (χ3n) is 3.52. The summed E-state index contributed by atoms with van der Waals surface area (Å²) in [5.41, 5.74) is 1.47. The van der Waals surface area contributed by atoms with Crippen molar-refractivity contribution in [2.45, 2.75) is 12.5 Å². The molecule has 128 valence electrons. The van der Waals surface area contributed by atoms with E-state index < -0.39 is 6.10 Å². The topological polar surface area (TPSA) is 70.6 Å². The Bertz CT molecular complexity index is 679. The van der Waals surface area contributed by atoms with Crippen LogP contribution in [0.25, 0.3) is 0 Å². The van der Waals surface area contributed by atoms with Crippen LogP contribution in [0.3, 0.4) is 0 Å². The summed E-state index contributed by atoms with van der Waals surface area (Å²) in [5, 5.41) is 15.4. The number of hydrogen-bond acceptors (Lipinski definition) is 3. The van der Waals surface area contributed by atoms with E-state index in [1.165, 1.54) is 12.1 Å². The maximum absolute atomic E-state index is 13.0. The number of carbonyl (C=O) groups excluding carboxylic acids is 1. The second kappa shape index (κ2) is 8.88. The Balaban J connectivity index is 1.72. The van der Waals surface area contributed by atoms with Crippen molar-refractivity contribution in [1.29, 1.82) is 0 Å². The highest BCUT2D eigenvalue weighted by atomic mass is 19.1. The standard InChI is InChI=1S/C18H21FN2O3/c1-24-16-7-3-5-14(11-16)17(22)12-21-18(23)20-9-8-13-4-2-6-15(19)10-13/h2-7,10-11,17,22H,8-9,12H2,1H3,(H2,20,21,23). The second-order valence-electron chi connectivity index (χ2n) is 5.31. The smallest absolute Gasteiger partial charge is 0.314 e. The Morgan fingerprint density at radius 1 is 1.21 bits per heavy atom. The van der Waals surface area contributed by atoms with E-state index in [1.807, 2.05) is 0 Å². The summed E-state index contributed by atoms with van der Waals surface area (Å²) in [4.78, 5) is 11.7. The molecule has 0 aliphatic rings. The number of urea groups is 1. The molecule has 2 amide bonds. The number of rotatable bonds is 7. The van der Waals surface area contributed by atoms with Crippen LogP contribution in [-0.2, 0) is 6.42 Å². The zero-order chi connectivity index (χ0) is 17.4. The largest absolute Gasteiger partial charge is 0.497 e. The molecule has 6 heteroatoms. The molecule has 0 heterocycles. The summed E-state index contributed by atoms with van der Waals surface area (Å²) < 4.78 is 18.1. The second-order valence-corrected chi connectivity index (χ2v) is 5.31. The predicted molar refractivity (Wildman–Crippen MR) is 89.5 cm³/mol. The summed E-state index contributed by atoms with van der Waals surface area (Å²) >= 11 is 0. The van der Waals surface area contributed by atoms with Gasteiger partial charge in [-0.3, -0.25) is 0 Å². The minimum absolute atomic E-state index is 0.0823. The molecule has 0 saturated heterocycles. The number of ether oxygens (including phenoxy) is 1. The maximum atomic E-state index is 13.0. The summed E-state index contributed by atoms with van der Waals surface area (Å²) in [6, 6.07) is 12.9. The number of aliphatic hydroxyl groups excluding tert-OH is 1. The van der Waals surface area contributed by atoms with Gasteiger partial charge in [0.05, 0.1) is 13.2 Å². The van der Waals surface area contributed by atoms with Crippen LogP contribution >= 0.6 is 0 Å². The van der Waals surface area contributed by atoms with E-state index in [-0.39, 0.29) is 18.4 Å². The fraction of sp³-hybridized carbons (Fsp3) is 0.278. The molecule has 0 radical (unpaired) electrons. The van der Waals surface area contributed by atoms with Gasteiger partial charge in [-0.05, 0) is 41.8 Å². The lowest BCUT2D eigenvalue weighted by Gasteiger charge is -2.14. The minimum atomic E-state index is -0.825. The highest BCUT2D eigenvalue weighted by molar-refractivity contribution is 5.73. The number of nitrogens with one attached hydrogen (secondary N) is 2. The number of methoxy groups -OCH3 is 1. The van der Waals surface area contributed by atoms with Crippen molar-refractivity contribution in [1.82, 2.24) is 10.6 Å². The van der Waals surface area contributed by atoms with Gasteiger partial charge in [0.25, 0.3) is 0 Å². The first-order chi connectivity index (χ1) is 11.6. The summed E-state index contributed by atoms with van der Waals surface area (Å²) in [5.74, 6) is 0.351. The highest BCUT2D eigenvalue weighted by Gasteiger charge is 2.10. The highest BCUT2D eigenvalue weighted by Crippen LogP contribution is 2.18. The van der Waals surface area contributed by atoms with Gasteiger partial charge in [-0.2, -0.15) is 0 Å². The molecule has 0 aromatic heterocycles. The van der Waals surface area contributed by atoms with Gasteiger partial charge in [0.1, 0.15) is 11.6 Å². The Morgan fingerprint density at radius 2 is 2.00 bits per heavy atom. The first-order valence-corrected chi connectivity index (χ1v) is 7.66. The Kier molecular flexibility index (Phi) is 6.57. The third-order valence-corrected chi connectivity index (χ3v) is 3.52. The normalized spacial score (nSPS) is 11.6. The Labute approximate surface area is 140 Å². The minimum Gasteiger partial charge on any atom is -0.497 e. The quantitative estimate of drug-likeness (QED) is 0.729. The zero-order valence-corrected chi connectivity index (χ0v) is 13.5. The Morgan fingerprint density at radius 3 is 2.75 bits per heavy atom. The molecule has 0 bridgehead atoms. The molecular weight excluding hydrogens is 311 g/mol. The van der Waals surface area contributed by atoms with Gasteiger partial charge in [-0.25, -0.2) is 9.18 Å². The molecule has 3 N–H and O–H groups in total. The number of carbonyl (C=O) groups is 1. The van der Waals surface area contributed by atoms with Crippen LogP contribution in [0.4, 0.5) is 9.18 Å². The van der Waals surface area contributed by atoms with Crippen LogP contribution in [0.1, 0.15) is 17.2 Å². The van der Waals surface area contributed by atoms with Crippen molar-refractivity contribution in [2.24, 2.45) is 0 Å². The molecule has 0 aliphatic carbocycles. The van der Waals surface area contributed by atoms with Gasteiger partial charge in [0.15, 0.2) is 0 Å². The van der Waals surface area contributed by atoms with Gasteiger partial charge in [0.2, 0.25) is 0 Å². The van der Waals surface area contributed by atoms with Crippen LogP contribution < -0.4 is 15.4 Å². The maximum Gasteiger partial charge on any atom is 0.314 e. The van der Waals surface area contributed by atoms with E-state index in [0.717, 1.165) is 5.56 Å². The van der Waals surface area contributed by atoms with Gasteiger partial charge >= 0.3 is 6.03 Å². The van der Waals surface area contributed by atoms with Crippen LogP contribution in [0.5, 0.6) is 5.75 Å². The van der Waals surface area contributed by atoms with E-state index >= 15 is 0 Å². The molecule has 24 heavy (non-hydrogen) atoms. The van der Waals surface area contributed by atoms with E-state index in [4.69, 9.17) is 4.74 Å². The molecular formula is C18H21FN2O3. The van der Waals surface area contributed by atoms with E-state index in [9.17, 15) is 14.3 Å². The number of amides is 2. The molecule has 0 fully saturated rings. The number of aliphatic hydroxyl groups is 1. The van der Waals surface area contributed by atoms with Crippen molar-refractivity contribution < 1.29 is 19.0 Å². The first-order valence-electron chi connectivity index (χ1n) is 7.66. The predicted octanol–water partition coefficient (Wildman–Crippen LogP) is 2.41. The molecule has 1 atom stereocenters. The summed E-state index contributed by atoms with van der Waals surface area (Å²) in [6.07, 6.45) is -0.294. The van der Waals surface area contributed by atoms with E-state index in [1.54, 1.807) is 43.5 Å². The van der Waals surface area contributed by atoms with Crippen molar-refractivity contribution in [2.75, 3.05) is 20.2 Å². The van der Waals surface area contributed by atoms with Gasteiger partial charge in [0, 0.05) is 13.1 Å². The summed E-state index contributed by atoms with van der Waals surface area (Å²) in [7, 11) is 1.55. The zero-order valence-electron chi connectivity index (χ0n) is 13.5. The molecule has 0 spiro atoms. The fourth-order valence-electron chi connectivity index (χ4n) is 2.23. The van der Waals surface area contributed by atoms with Gasteiger partial charge in [-0.15, -0.1) is 0 Å². The number of hydrogen-bond donors (Lipinski definition) is 3. The lowest BCUT2D eigenvalue weighted by molar-refractivity contribution is 0.173. The molecule has 1 unspecified atom stereocenters. The van der Waals surface area contributed by atoms with Crippen molar-refractivity contribution in [3.05, 3.63) is 65.5 Å². The Hall–Kier alpha value is -2.60. The SMILES string of the molecule is COc1cccc(C(O)CNC(=O)NCCc2cccc(F)c2)c1. The average molecular weight is 332 g/mol. The van der Waals surface area contributed by atoms with Crippen molar-refractivity contribution in [3.63, 3.8) is 0 Å².